The Morgan fingerprint density at radius 3 is 2.85 bits per heavy atom. The molecule has 13 heavy (non-hydrogen) atoms. The quantitative estimate of drug-likeness (QED) is 0.717. The van der Waals surface area contributed by atoms with Gasteiger partial charge in [-0.1, -0.05) is 17.7 Å². The van der Waals surface area contributed by atoms with Crippen LogP contribution >= 0.6 is 11.6 Å². The zero-order valence-corrected chi connectivity index (χ0v) is 8.04. The van der Waals surface area contributed by atoms with Gasteiger partial charge < -0.3 is 10.2 Å². The maximum atomic E-state index is 9.09. The van der Waals surface area contributed by atoms with Crippen molar-refractivity contribution in [2.45, 2.75) is 6.92 Å². The summed E-state index contributed by atoms with van der Waals surface area (Å²) in [6, 6.07) is 5.38. The first-order chi connectivity index (χ1) is 6.13. The fourth-order valence-corrected chi connectivity index (χ4v) is 1.17. The first-order valence-electron chi connectivity index (χ1n) is 3.90. The highest BCUT2D eigenvalue weighted by Gasteiger charge is 1.97. The second-order valence-corrected chi connectivity index (χ2v) is 3.23. The smallest absolute Gasteiger partial charge is 0.118 e. The van der Waals surface area contributed by atoms with Crippen LogP contribution in [0.2, 0.25) is 5.02 Å². The molecular formula is C10H11ClO2. The Labute approximate surface area is 82.1 Å². The minimum Gasteiger partial charge on any atom is -0.510 e. The molecule has 0 atom stereocenters. The van der Waals surface area contributed by atoms with Crippen molar-refractivity contribution in [3.63, 3.8) is 0 Å². The number of benzene rings is 1. The van der Waals surface area contributed by atoms with Crippen LogP contribution in [0.1, 0.15) is 11.1 Å². The Morgan fingerprint density at radius 1 is 1.54 bits per heavy atom. The van der Waals surface area contributed by atoms with Gasteiger partial charge in [-0.25, -0.2) is 0 Å². The summed E-state index contributed by atoms with van der Waals surface area (Å²) in [6.45, 7) is 1.55. The van der Waals surface area contributed by atoms with Gasteiger partial charge in [0.25, 0.3) is 0 Å². The number of hydrogen-bond donors (Lipinski definition) is 2. The van der Waals surface area contributed by atoms with Crippen LogP contribution in [0.3, 0.4) is 0 Å². The lowest BCUT2D eigenvalue weighted by molar-refractivity contribution is 0.256. The van der Waals surface area contributed by atoms with Gasteiger partial charge in [-0.2, -0.15) is 0 Å². The molecule has 1 aromatic rings. The monoisotopic (exact) mass is 198 g/mol. The summed E-state index contributed by atoms with van der Waals surface area (Å²) in [5.41, 5.74) is 1.82. The summed E-state index contributed by atoms with van der Waals surface area (Å²) < 4.78 is 0. The van der Waals surface area contributed by atoms with E-state index in [9.17, 15) is 0 Å². The fourth-order valence-electron chi connectivity index (χ4n) is 0.992. The molecule has 0 saturated heterocycles. The van der Waals surface area contributed by atoms with Gasteiger partial charge in [0.15, 0.2) is 0 Å². The summed E-state index contributed by atoms with van der Waals surface area (Å²) >= 11 is 5.77. The van der Waals surface area contributed by atoms with E-state index in [1.165, 1.54) is 6.08 Å². The van der Waals surface area contributed by atoms with E-state index in [4.69, 9.17) is 21.8 Å². The zero-order valence-electron chi connectivity index (χ0n) is 7.29. The normalized spacial score (nSPS) is 11.8. The van der Waals surface area contributed by atoms with E-state index in [1.807, 2.05) is 13.0 Å². The molecule has 0 saturated carbocycles. The van der Waals surface area contributed by atoms with E-state index < -0.39 is 0 Å². The molecule has 0 aliphatic carbocycles. The molecule has 0 fully saturated rings. The molecule has 1 rings (SSSR count). The largest absolute Gasteiger partial charge is 0.510 e. The Bertz CT molecular complexity index is 332. The Balaban J connectivity index is 3.07. The van der Waals surface area contributed by atoms with E-state index >= 15 is 0 Å². The predicted octanol–water partition coefficient (Wildman–Crippen LogP) is 2.54. The van der Waals surface area contributed by atoms with E-state index in [0.29, 0.717) is 5.02 Å². The van der Waals surface area contributed by atoms with Gasteiger partial charge in [0.05, 0.1) is 0 Å². The number of aliphatic hydroxyl groups excluding tert-OH is 2. The highest BCUT2D eigenvalue weighted by atomic mass is 35.5. The Morgan fingerprint density at radius 2 is 2.23 bits per heavy atom. The fraction of sp³-hybridized carbons (Fsp3) is 0.200. The molecule has 0 aliphatic rings. The number of halogens is 1. The molecule has 0 aromatic heterocycles. The highest BCUT2D eigenvalue weighted by Crippen LogP contribution is 2.17. The van der Waals surface area contributed by atoms with Crippen LogP contribution in [-0.4, -0.2) is 16.8 Å². The number of aryl methyl sites for hydroxylation is 1. The van der Waals surface area contributed by atoms with E-state index in [0.717, 1.165) is 11.1 Å². The van der Waals surface area contributed by atoms with Crippen molar-refractivity contribution < 1.29 is 10.2 Å². The van der Waals surface area contributed by atoms with E-state index in [1.54, 1.807) is 12.1 Å². The summed E-state index contributed by atoms with van der Waals surface area (Å²) in [7, 11) is 0. The van der Waals surface area contributed by atoms with Gasteiger partial charge in [0.2, 0.25) is 0 Å². The lowest BCUT2D eigenvalue weighted by Crippen LogP contribution is -1.89. The van der Waals surface area contributed by atoms with Gasteiger partial charge in [-0.3, -0.25) is 0 Å². The molecule has 0 radical (unpaired) electrons. The van der Waals surface area contributed by atoms with Crippen LogP contribution in [0, 0.1) is 6.92 Å². The van der Waals surface area contributed by atoms with Crippen molar-refractivity contribution in [1.82, 2.24) is 0 Å². The van der Waals surface area contributed by atoms with Crippen molar-refractivity contribution >= 4 is 17.7 Å². The summed E-state index contributed by atoms with van der Waals surface area (Å²) in [5, 5.41) is 18.3. The third kappa shape index (κ3) is 2.76. The van der Waals surface area contributed by atoms with Crippen molar-refractivity contribution in [2.75, 3.05) is 6.61 Å². The molecular weight excluding hydrogens is 188 g/mol. The second-order valence-electron chi connectivity index (χ2n) is 2.79. The van der Waals surface area contributed by atoms with E-state index in [2.05, 4.69) is 0 Å². The topological polar surface area (TPSA) is 40.5 Å². The predicted molar refractivity (Wildman–Crippen MR) is 53.9 cm³/mol. The average molecular weight is 199 g/mol. The first-order valence-corrected chi connectivity index (χ1v) is 4.28. The van der Waals surface area contributed by atoms with Crippen LogP contribution in [0.5, 0.6) is 0 Å². The van der Waals surface area contributed by atoms with Gasteiger partial charge in [-0.15, -0.1) is 0 Å². The minimum absolute atomic E-state index is 0.0645. The molecule has 2 N–H and O–H groups in total. The molecule has 3 heteroatoms. The lowest BCUT2D eigenvalue weighted by Gasteiger charge is -2.01. The standard InChI is InChI=1S/C10H11ClO2/c1-7-2-3-9(11)4-8(7)5-10(13)6-12/h2-5,12-13H,6H2,1H3/b10-5-. The summed E-state index contributed by atoms with van der Waals surface area (Å²) in [6.07, 6.45) is 1.50. The molecule has 0 spiro atoms. The third-order valence-corrected chi connectivity index (χ3v) is 1.96. The van der Waals surface area contributed by atoms with Crippen LogP contribution in [0.25, 0.3) is 6.08 Å². The highest BCUT2D eigenvalue weighted by molar-refractivity contribution is 6.30. The van der Waals surface area contributed by atoms with Gasteiger partial charge in [0, 0.05) is 5.02 Å². The van der Waals surface area contributed by atoms with Crippen molar-refractivity contribution in [3.8, 4) is 0 Å². The van der Waals surface area contributed by atoms with Crippen LogP contribution in [0.15, 0.2) is 24.0 Å². The van der Waals surface area contributed by atoms with Crippen molar-refractivity contribution in [3.05, 3.63) is 40.1 Å². The van der Waals surface area contributed by atoms with Gasteiger partial charge >= 0.3 is 0 Å². The number of aliphatic hydroxyl groups is 2. The molecule has 2 nitrogen and oxygen atoms in total. The van der Waals surface area contributed by atoms with Crippen molar-refractivity contribution in [1.29, 1.82) is 0 Å². The number of hydrogen-bond acceptors (Lipinski definition) is 2. The van der Waals surface area contributed by atoms with Crippen LogP contribution in [-0.2, 0) is 0 Å². The molecule has 0 unspecified atom stereocenters. The van der Waals surface area contributed by atoms with Gasteiger partial charge in [0.1, 0.15) is 12.4 Å². The molecule has 1 aromatic carbocycles. The maximum absolute atomic E-state index is 9.09. The Hall–Kier alpha value is -0.990. The van der Waals surface area contributed by atoms with Crippen molar-refractivity contribution in [2.24, 2.45) is 0 Å². The van der Waals surface area contributed by atoms with E-state index in [-0.39, 0.29) is 12.4 Å². The second kappa shape index (κ2) is 4.30. The van der Waals surface area contributed by atoms with Crippen LogP contribution in [0.4, 0.5) is 0 Å². The lowest BCUT2D eigenvalue weighted by atomic mass is 10.1. The molecule has 0 amide bonds. The minimum atomic E-state index is -0.355. The average Bonchev–Trinajstić information content (AvgIpc) is 2.11. The summed E-state index contributed by atoms with van der Waals surface area (Å²) in [4.78, 5) is 0. The molecule has 0 bridgehead atoms. The third-order valence-electron chi connectivity index (χ3n) is 1.73. The van der Waals surface area contributed by atoms with Gasteiger partial charge in [-0.05, 0) is 36.3 Å². The zero-order chi connectivity index (χ0) is 9.84. The molecule has 0 heterocycles. The van der Waals surface area contributed by atoms with Crippen LogP contribution < -0.4 is 0 Å². The molecule has 0 aliphatic heterocycles. The first kappa shape index (κ1) is 10.1. The molecule has 70 valence electrons. The number of rotatable bonds is 2. The summed E-state index contributed by atoms with van der Waals surface area (Å²) in [5.74, 6) is -0.0645. The maximum Gasteiger partial charge on any atom is 0.118 e. The Kier molecular flexibility index (Phi) is 3.34. The SMILES string of the molecule is Cc1ccc(Cl)cc1/C=C(\O)CO.